The second kappa shape index (κ2) is 4.29. The fourth-order valence-electron chi connectivity index (χ4n) is 1.59. The number of aromatic nitrogens is 1. The van der Waals surface area contributed by atoms with E-state index in [9.17, 15) is 4.79 Å². The molecule has 0 unspecified atom stereocenters. The predicted octanol–water partition coefficient (Wildman–Crippen LogP) is 2.13. The number of hydrogen-bond acceptors (Lipinski definition) is 5. The molecule has 0 amide bonds. The van der Waals surface area contributed by atoms with Crippen molar-refractivity contribution in [3.8, 4) is 17.1 Å². The molecule has 2 aromatic rings. The monoisotopic (exact) mass is 232 g/mol. The lowest BCUT2D eigenvalue weighted by Crippen LogP contribution is -1.96. The smallest absolute Gasteiger partial charge is 0.293 e. The maximum absolute atomic E-state index is 11.4. The highest BCUT2D eigenvalue weighted by molar-refractivity contribution is 5.98. The van der Waals surface area contributed by atoms with Crippen LogP contribution in [0, 0.1) is 0 Å². The van der Waals surface area contributed by atoms with Crippen LogP contribution < -0.4 is 10.5 Å². The number of Topliss-reactive ketones (excluding diaryl/α,β-unsaturated/α-hetero) is 1. The van der Waals surface area contributed by atoms with Crippen molar-refractivity contribution in [3.05, 3.63) is 30.0 Å². The van der Waals surface area contributed by atoms with Crippen LogP contribution in [0.4, 0.5) is 6.01 Å². The van der Waals surface area contributed by atoms with Crippen LogP contribution in [0.3, 0.4) is 0 Å². The zero-order chi connectivity index (χ0) is 12.4. The van der Waals surface area contributed by atoms with E-state index in [1.54, 1.807) is 19.2 Å². The number of methoxy groups -OCH3 is 1. The molecule has 0 radical (unpaired) electrons. The number of carbonyl (C=O) groups excluding carboxylic acids is 1. The van der Waals surface area contributed by atoms with Gasteiger partial charge in [-0.15, -0.1) is 0 Å². The molecule has 2 rings (SSSR count). The number of oxazole rings is 1. The van der Waals surface area contributed by atoms with E-state index in [1.165, 1.54) is 6.92 Å². The number of hydrogen-bond donors (Lipinski definition) is 1. The van der Waals surface area contributed by atoms with Crippen molar-refractivity contribution < 1.29 is 13.9 Å². The molecular formula is C12H12N2O3. The van der Waals surface area contributed by atoms with Crippen molar-refractivity contribution in [1.82, 2.24) is 4.98 Å². The molecule has 88 valence electrons. The highest BCUT2D eigenvalue weighted by Gasteiger charge is 2.19. The van der Waals surface area contributed by atoms with Gasteiger partial charge in [-0.25, -0.2) is 0 Å². The molecule has 0 saturated carbocycles. The zero-order valence-corrected chi connectivity index (χ0v) is 9.56. The molecular weight excluding hydrogens is 220 g/mol. The second-order valence-corrected chi connectivity index (χ2v) is 3.49. The van der Waals surface area contributed by atoms with Crippen molar-refractivity contribution in [2.45, 2.75) is 6.92 Å². The molecule has 5 heteroatoms. The number of nitrogens with two attached hydrogens (primary N) is 1. The van der Waals surface area contributed by atoms with Crippen LogP contribution in [0.15, 0.2) is 28.7 Å². The van der Waals surface area contributed by atoms with Gasteiger partial charge in [-0.3, -0.25) is 4.79 Å². The third kappa shape index (κ3) is 1.99. The minimum Gasteiger partial charge on any atom is -0.496 e. The van der Waals surface area contributed by atoms with Crippen molar-refractivity contribution >= 4 is 11.8 Å². The fraction of sp³-hybridized carbons (Fsp3) is 0.167. The molecule has 1 aromatic carbocycles. The van der Waals surface area contributed by atoms with Gasteiger partial charge in [0.25, 0.3) is 6.01 Å². The summed E-state index contributed by atoms with van der Waals surface area (Å²) in [7, 11) is 1.55. The standard InChI is InChI=1S/C12H12N2O3/c1-7(15)10-11(17-12(13)14-10)8-5-3-4-6-9(8)16-2/h3-6H,1-2H3,(H2,13,14). The van der Waals surface area contributed by atoms with Crippen LogP contribution in [0.2, 0.25) is 0 Å². The topological polar surface area (TPSA) is 78.3 Å². The average Bonchev–Trinajstić information content (AvgIpc) is 2.71. The first-order chi connectivity index (χ1) is 8.13. The summed E-state index contributed by atoms with van der Waals surface area (Å²) < 4.78 is 10.5. The molecule has 0 bridgehead atoms. The van der Waals surface area contributed by atoms with E-state index in [1.807, 2.05) is 12.1 Å². The quantitative estimate of drug-likeness (QED) is 0.820. The average molecular weight is 232 g/mol. The Morgan fingerprint density at radius 1 is 1.41 bits per heavy atom. The second-order valence-electron chi connectivity index (χ2n) is 3.49. The number of ether oxygens (including phenoxy) is 1. The lowest BCUT2D eigenvalue weighted by atomic mass is 10.1. The molecule has 5 nitrogen and oxygen atoms in total. The molecule has 1 heterocycles. The Balaban J connectivity index is 2.63. The van der Waals surface area contributed by atoms with E-state index in [4.69, 9.17) is 14.9 Å². The number of anilines is 1. The van der Waals surface area contributed by atoms with Gasteiger partial charge in [-0.1, -0.05) is 12.1 Å². The lowest BCUT2D eigenvalue weighted by molar-refractivity contribution is 0.101. The van der Waals surface area contributed by atoms with Crippen LogP contribution in [-0.2, 0) is 0 Å². The number of carbonyl (C=O) groups is 1. The summed E-state index contributed by atoms with van der Waals surface area (Å²) in [4.78, 5) is 15.3. The zero-order valence-electron chi connectivity index (χ0n) is 9.56. The molecule has 0 aliphatic heterocycles. The van der Waals surface area contributed by atoms with Crippen LogP contribution in [0.25, 0.3) is 11.3 Å². The van der Waals surface area contributed by atoms with Crippen LogP contribution in [0.5, 0.6) is 5.75 Å². The molecule has 0 aliphatic carbocycles. The van der Waals surface area contributed by atoms with Crippen molar-refractivity contribution in [2.24, 2.45) is 0 Å². The molecule has 0 aliphatic rings. The SMILES string of the molecule is COc1ccccc1-c1oc(N)nc1C(C)=O. The van der Waals surface area contributed by atoms with E-state index >= 15 is 0 Å². The van der Waals surface area contributed by atoms with Gasteiger partial charge >= 0.3 is 0 Å². The Hall–Kier alpha value is -2.30. The number of ketones is 1. The number of benzene rings is 1. The highest BCUT2D eigenvalue weighted by atomic mass is 16.5. The molecule has 0 spiro atoms. The summed E-state index contributed by atoms with van der Waals surface area (Å²) in [6.07, 6.45) is 0. The minimum absolute atomic E-state index is 0.0314. The largest absolute Gasteiger partial charge is 0.496 e. The summed E-state index contributed by atoms with van der Waals surface area (Å²) in [5.41, 5.74) is 6.35. The third-order valence-electron chi connectivity index (χ3n) is 2.33. The van der Waals surface area contributed by atoms with E-state index in [2.05, 4.69) is 4.98 Å². The number of para-hydroxylation sites is 1. The molecule has 0 fully saturated rings. The Morgan fingerprint density at radius 3 is 2.76 bits per heavy atom. The maximum atomic E-state index is 11.4. The molecule has 17 heavy (non-hydrogen) atoms. The first-order valence-corrected chi connectivity index (χ1v) is 5.04. The highest BCUT2D eigenvalue weighted by Crippen LogP contribution is 2.33. The van der Waals surface area contributed by atoms with Gasteiger partial charge in [-0.05, 0) is 12.1 Å². The Morgan fingerprint density at radius 2 is 2.12 bits per heavy atom. The third-order valence-corrected chi connectivity index (χ3v) is 2.33. The van der Waals surface area contributed by atoms with Gasteiger partial charge in [0.1, 0.15) is 5.75 Å². The van der Waals surface area contributed by atoms with Crippen molar-refractivity contribution in [3.63, 3.8) is 0 Å². The van der Waals surface area contributed by atoms with Crippen LogP contribution in [-0.4, -0.2) is 17.9 Å². The first kappa shape index (κ1) is 11.2. The van der Waals surface area contributed by atoms with Gasteiger partial charge in [0.05, 0.1) is 12.7 Å². The van der Waals surface area contributed by atoms with Crippen molar-refractivity contribution in [2.75, 3.05) is 12.8 Å². The maximum Gasteiger partial charge on any atom is 0.293 e. The van der Waals surface area contributed by atoms with E-state index in [0.717, 1.165) is 0 Å². The summed E-state index contributed by atoms with van der Waals surface area (Å²) in [6.45, 7) is 1.41. The Kier molecular flexibility index (Phi) is 2.82. The van der Waals surface area contributed by atoms with Gasteiger partial charge in [0.2, 0.25) is 0 Å². The van der Waals surface area contributed by atoms with Gasteiger partial charge < -0.3 is 14.9 Å². The molecule has 1 aromatic heterocycles. The van der Waals surface area contributed by atoms with E-state index in [0.29, 0.717) is 17.1 Å². The van der Waals surface area contributed by atoms with Crippen molar-refractivity contribution in [1.29, 1.82) is 0 Å². The normalized spacial score (nSPS) is 10.2. The Bertz CT molecular complexity index is 561. The molecule has 2 N–H and O–H groups in total. The van der Waals surface area contributed by atoms with Gasteiger partial charge in [0.15, 0.2) is 17.2 Å². The first-order valence-electron chi connectivity index (χ1n) is 5.04. The fourth-order valence-corrected chi connectivity index (χ4v) is 1.59. The summed E-state index contributed by atoms with van der Waals surface area (Å²) >= 11 is 0. The lowest BCUT2D eigenvalue weighted by Gasteiger charge is -2.05. The molecule has 0 atom stereocenters. The predicted molar refractivity (Wildman–Crippen MR) is 62.9 cm³/mol. The number of nitrogens with zero attached hydrogens (tertiary/aromatic N) is 1. The van der Waals surface area contributed by atoms with Gasteiger partial charge in [0, 0.05) is 6.92 Å². The van der Waals surface area contributed by atoms with E-state index < -0.39 is 0 Å². The van der Waals surface area contributed by atoms with Crippen LogP contribution in [0.1, 0.15) is 17.4 Å². The summed E-state index contributed by atoms with van der Waals surface area (Å²) in [5.74, 6) is 0.741. The summed E-state index contributed by atoms with van der Waals surface area (Å²) in [5, 5.41) is 0. The minimum atomic E-state index is -0.202. The van der Waals surface area contributed by atoms with E-state index in [-0.39, 0.29) is 17.5 Å². The van der Waals surface area contributed by atoms with Gasteiger partial charge in [-0.2, -0.15) is 4.98 Å². The number of rotatable bonds is 3. The summed E-state index contributed by atoms with van der Waals surface area (Å²) in [6, 6.07) is 7.18. The Labute approximate surface area is 98.2 Å². The van der Waals surface area contributed by atoms with Crippen LogP contribution >= 0.6 is 0 Å². The molecule has 0 saturated heterocycles. The number of nitrogen functional groups attached to an aromatic ring is 1.